The Morgan fingerprint density at radius 2 is 1.83 bits per heavy atom. The summed E-state index contributed by atoms with van der Waals surface area (Å²) in [6.45, 7) is 0. The third-order valence-corrected chi connectivity index (χ3v) is 3.53. The van der Waals surface area contributed by atoms with Crippen molar-refractivity contribution in [3.63, 3.8) is 0 Å². The fraction of sp³-hybridized carbons (Fsp3) is 0.111. The van der Waals surface area contributed by atoms with Crippen LogP contribution in [0.4, 0.5) is 0 Å². The zero-order valence-electron chi connectivity index (χ0n) is 12.8. The Morgan fingerprint density at radius 3 is 2.43 bits per heavy atom. The monoisotopic (exact) mass is 307 g/mol. The van der Waals surface area contributed by atoms with Crippen molar-refractivity contribution in [2.24, 2.45) is 5.73 Å². The van der Waals surface area contributed by atoms with E-state index in [0.29, 0.717) is 5.82 Å². The highest BCUT2D eigenvalue weighted by Crippen LogP contribution is 2.24. The van der Waals surface area contributed by atoms with Gasteiger partial charge in [-0.15, -0.1) is 0 Å². The third-order valence-electron chi connectivity index (χ3n) is 3.53. The van der Waals surface area contributed by atoms with Crippen molar-refractivity contribution in [3.05, 3.63) is 66.6 Å². The number of imidazole rings is 1. The van der Waals surface area contributed by atoms with E-state index in [9.17, 15) is 4.79 Å². The Labute approximate surface area is 134 Å². The molecule has 1 amide bonds. The lowest BCUT2D eigenvalue weighted by atomic mass is 10.1. The number of carbonyl (C=O) groups excluding carboxylic acids is 1. The zero-order valence-corrected chi connectivity index (χ0v) is 12.8. The first-order valence-electron chi connectivity index (χ1n) is 7.24. The smallest absolute Gasteiger partial charge is 0.225 e. The standard InChI is InChI=1S/C18H17N3O2/c1-23-15-9-7-13(8-10-15)16-12-21(14-5-3-2-4-6-14)18(20-16)11-17(19)22/h2-10,12H,11H2,1H3,(H2,19,22). The number of hydrogen-bond acceptors (Lipinski definition) is 3. The predicted molar refractivity (Wildman–Crippen MR) is 88.5 cm³/mol. The molecule has 0 aliphatic heterocycles. The van der Waals surface area contributed by atoms with Gasteiger partial charge in [0, 0.05) is 17.4 Å². The van der Waals surface area contributed by atoms with E-state index < -0.39 is 5.91 Å². The minimum atomic E-state index is -0.408. The molecule has 2 aromatic carbocycles. The number of benzene rings is 2. The van der Waals surface area contributed by atoms with Gasteiger partial charge in [0.1, 0.15) is 11.6 Å². The van der Waals surface area contributed by atoms with Crippen molar-refractivity contribution in [3.8, 4) is 22.7 Å². The molecule has 0 spiro atoms. The summed E-state index contributed by atoms with van der Waals surface area (Å²) < 4.78 is 7.06. The Balaban J connectivity index is 2.05. The topological polar surface area (TPSA) is 70.1 Å². The fourth-order valence-electron chi connectivity index (χ4n) is 2.41. The minimum absolute atomic E-state index is 0.0883. The van der Waals surface area contributed by atoms with Crippen molar-refractivity contribution >= 4 is 5.91 Å². The van der Waals surface area contributed by atoms with Gasteiger partial charge in [0.25, 0.3) is 0 Å². The fourth-order valence-corrected chi connectivity index (χ4v) is 2.41. The largest absolute Gasteiger partial charge is 0.497 e. The molecule has 0 bridgehead atoms. The van der Waals surface area contributed by atoms with Crippen LogP contribution in [0.5, 0.6) is 5.75 Å². The number of para-hydroxylation sites is 1. The summed E-state index contributed by atoms with van der Waals surface area (Å²) in [6, 6.07) is 17.4. The van der Waals surface area contributed by atoms with Gasteiger partial charge in [0.2, 0.25) is 5.91 Å². The predicted octanol–water partition coefficient (Wildman–Crippen LogP) is 2.58. The number of aromatic nitrogens is 2. The number of amides is 1. The molecule has 5 nitrogen and oxygen atoms in total. The highest BCUT2D eigenvalue weighted by atomic mass is 16.5. The summed E-state index contributed by atoms with van der Waals surface area (Å²) in [5.41, 5.74) is 8.02. The number of hydrogen-bond donors (Lipinski definition) is 1. The molecule has 23 heavy (non-hydrogen) atoms. The van der Waals surface area contributed by atoms with Gasteiger partial charge < -0.3 is 15.0 Å². The maximum absolute atomic E-state index is 11.3. The van der Waals surface area contributed by atoms with Crippen LogP contribution in [0, 0.1) is 0 Å². The maximum Gasteiger partial charge on any atom is 0.225 e. The van der Waals surface area contributed by atoms with Crippen molar-refractivity contribution in [1.29, 1.82) is 0 Å². The molecular formula is C18H17N3O2. The van der Waals surface area contributed by atoms with E-state index in [2.05, 4.69) is 4.98 Å². The Bertz CT molecular complexity index is 808. The summed E-state index contributed by atoms with van der Waals surface area (Å²) in [5.74, 6) is 0.997. The molecule has 0 unspecified atom stereocenters. The minimum Gasteiger partial charge on any atom is -0.497 e. The second-order valence-electron chi connectivity index (χ2n) is 5.12. The second-order valence-corrected chi connectivity index (χ2v) is 5.12. The summed E-state index contributed by atoms with van der Waals surface area (Å²) in [4.78, 5) is 15.9. The van der Waals surface area contributed by atoms with Gasteiger partial charge in [-0.2, -0.15) is 0 Å². The first-order chi connectivity index (χ1) is 11.2. The molecule has 0 atom stereocenters. The Morgan fingerprint density at radius 1 is 1.13 bits per heavy atom. The summed E-state index contributed by atoms with van der Waals surface area (Å²) in [7, 11) is 1.63. The van der Waals surface area contributed by atoms with Crippen LogP contribution in [-0.2, 0) is 11.2 Å². The molecule has 2 N–H and O–H groups in total. The van der Waals surface area contributed by atoms with Crippen LogP contribution in [0.15, 0.2) is 60.8 Å². The van der Waals surface area contributed by atoms with E-state index in [1.807, 2.05) is 65.4 Å². The van der Waals surface area contributed by atoms with E-state index in [0.717, 1.165) is 22.7 Å². The third kappa shape index (κ3) is 3.23. The normalized spacial score (nSPS) is 10.5. The number of methoxy groups -OCH3 is 1. The van der Waals surface area contributed by atoms with Gasteiger partial charge >= 0.3 is 0 Å². The van der Waals surface area contributed by atoms with Crippen LogP contribution in [-0.4, -0.2) is 22.6 Å². The lowest BCUT2D eigenvalue weighted by Gasteiger charge is -2.05. The zero-order chi connectivity index (χ0) is 16.2. The first kappa shape index (κ1) is 14.8. The summed E-state index contributed by atoms with van der Waals surface area (Å²) in [6.07, 6.45) is 2.00. The van der Waals surface area contributed by atoms with Crippen LogP contribution < -0.4 is 10.5 Å². The van der Waals surface area contributed by atoms with Gasteiger partial charge in [0.05, 0.1) is 19.2 Å². The summed E-state index contributed by atoms with van der Waals surface area (Å²) in [5, 5.41) is 0. The lowest BCUT2D eigenvalue weighted by Crippen LogP contribution is -2.16. The van der Waals surface area contributed by atoms with Gasteiger partial charge in [0.15, 0.2) is 0 Å². The lowest BCUT2D eigenvalue weighted by molar-refractivity contribution is -0.117. The van der Waals surface area contributed by atoms with Crippen LogP contribution in [0.2, 0.25) is 0 Å². The molecule has 0 aliphatic carbocycles. The molecule has 1 heterocycles. The number of rotatable bonds is 5. The molecule has 1 aromatic heterocycles. The van der Waals surface area contributed by atoms with Crippen LogP contribution in [0.1, 0.15) is 5.82 Å². The number of nitrogens with two attached hydrogens (primary N) is 1. The van der Waals surface area contributed by atoms with Crippen molar-refractivity contribution in [2.75, 3.05) is 7.11 Å². The van der Waals surface area contributed by atoms with Crippen molar-refractivity contribution in [1.82, 2.24) is 9.55 Å². The average Bonchev–Trinajstić information content (AvgIpc) is 2.99. The molecule has 0 saturated heterocycles. The van der Waals surface area contributed by atoms with E-state index in [4.69, 9.17) is 10.5 Å². The SMILES string of the molecule is COc1ccc(-c2cn(-c3ccccc3)c(CC(N)=O)n2)cc1. The van der Waals surface area contributed by atoms with Crippen molar-refractivity contribution in [2.45, 2.75) is 6.42 Å². The van der Waals surface area contributed by atoms with E-state index in [1.54, 1.807) is 7.11 Å². The summed E-state index contributed by atoms with van der Waals surface area (Å²) >= 11 is 0. The Kier molecular flexibility index (Phi) is 4.10. The van der Waals surface area contributed by atoms with E-state index in [1.165, 1.54) is 0 Å². The maximum atomic E-state index is 11.3. The van der Waals surface area contributed by atoms with Crippen LogP contribution >= 0.6 is 0 Å². The quantitative estimate of drug-likeness (QED) is 0.787. The van der Waals surface area contributed by atoms with Crippen LogP contribution in [0.3, 0.4) is 0 Å². The number of nitrogens with zero attached hydrogens (tertiary/aromatic N) is 2. The van der Waals surface area contributed by atoms with Gasteiger partial charge in [-0.3, -0.25) is 4.79 Å². The van der Waals surface area contributed by atoms with Crippen molar-refractivity contribution < 1.29 is 9.53 Å². The molecule has 0 fully saturated rings. The van der Waals surface area contributed by atoms with Gasteiger partial charge in [-0.1, -0.05) is 18.2 Å². The number of ether oxygens (including phenoxy) is 1. The molecule has 3 rings (SSSR count). The first-order valence-corrected chi connectivity index (χ1v) is 7.24. The van der Waals surface area contributed by atoms with Gasteiger partial charge in [-0.25, -0.2) is 4.98 Å². The average molecular weight is 307 g/mol. The molecule has 0 saturated carbocycles. The molecule has 0 radical (unpaired) electrons. The van der Waals surface area contributed by atoms with Gasteiger partial charge in [-0.05, 0) is 36.4 Å². The molecule has 5 heteroatoms. The molecule has 0 aliphatic rings. The van der Waals surface area contributed by atoms with Crippen LogP contribution in [0.25, 0.3) is 16.9 Å². The van der Waals surface area contributed by atoms with E-state index in [-0.39, 0.29) is 6.42 Å². The number of carbonyl (C=O) groups is 1. The second kappa shape index (κ2) is 6.36. The molecular weight excluding hydrogens is 290 g/mol. The Hall–Kier alpha value is -3.08. The molecule has 116 valence electrons. The number of primary amides is 1. The highest BCUT2D eigenvalue weighted by Gasteiger charge is 2.13. The van der Waals surface area contributed by atoms with E-state index >= 15 is 0 Å². The highest BCUT2D eigenvalue weighted by molar-refractivity contribution is 5.76. The molecule has 3 aromatic rings.